The van der Waals surface area contributed by atoms with Gasteiger partial charge in [0.1, 0.15) is 0 Å². The summed E-state index contributed by atoms with van der Waals surface area (Å²) >= 11 is 0. The average Bonchev–Trinajstić information content (AvgIpc) is 3.24. The number of carbonyl (C=O) groups excluding carboxylic acids is 1. The molecule has 0 spiro atoms. The summed E-state index contributed by atoms with van der Waals surface area (Å²) in [5.41, 5.74) is 4.13. The molecular weight excluding hydrogens is 364 g/mol. The molecule has 29 heavy (non-hydrogen) atoms. The predicted octanol–water partition coefficient (Wildman–Crippen LogP) is 5.02. The largest absolute Gasteiger partial charge is 0.339 e. The molecule has 1 fully saturated rings. The predicted molar refractivity (Wildman–Crippen MR) is 113 cm³/mol. The number of aromatic nitrogens is 2. The molecule has 1 atom stereocenters. The van der Waals surface area contributed by atoms with Gasteiger partial charge in [-0.05, 0) is 49.9 Å². The molecule has 2 aromatic carbocycles. The van der Waals surface area contributed by atoms with Crippen LogP contribution in [0.3, 0.4) is 0 Å². The van der Waals surface area contributed by atoms with Crippen molar-refractivity contribution in [2.75, 3.05) is 18.4 Å². The van der Waals surface area contributed by atoms with E-state index in [-0.39, 0.29) is 11.9 Å². The van der Waals surface area contributed by atoms with Crippen LogP contribution in [-0.2, 0) is 6.42 Å². The van der Waals surface area contributed by atoms with Gasteiger partial charge in [0.15, 0.2) is 0 Å². The Hall–Kier alpha value is -3.15. The number of anilines is 1. The highest BCUT2D eigenvalue weighted by Gasteiger charge is 2.28. The topological polar surface area (TPSA) is 71.3 Å². The lowest BCUT2D eigenvalue weighted by atomic mass is 9.98. The molecule has 0 bridgehead atoms. The van der Waals surface area contributed by atoms with Crippen LogP contribution >= 0.6 is 0 Å². The molecule has 1 saturated heterocycles. The first-order chi connectivity index (χ1) is 14.1. The molecule has 0 radical (unpaired) electrons. The first-order valence-corrected chi connectivity index (χ1v) is 10.2. The van der Waals surface area contributed by atoms with Gasteiger partial charge in [0.05, 0.1) is 5.92 Å². The maximum atomic E-state index is 12.8. The zero-order valence-corrected chi connectivity index (χ0v) is 16.9. The summed E-state index contributed by atoms with van der Waals surface area (Å²) in [5.74, 6) is 1.26. The second kappa shape index (κ2) is 8.47. The van der Waals surface area contributed by atoms with Gasteiger partial charge in [0.2, 0.25) is 11.7 Å². The average molecular weight is 390 g/mol. The van der Waals surface area contributed by atoms with Crippen molar-refractivity contribution >= 4 is 11.7 Å². The van der Waals surface area contributed by atoms with E-state index in [2.05, 4.69) is 28.4 Å². The molecule has 0 aliphatic carbocycles. The Morgan fingerprint density at radius 3 is 2.93 bits per heavy atom. The van der Waals surface area contributed by atoms with E-state index in [1.54, 1.807) is 0 Å². The number of piperidine rings is 1. The van der Waals surface area contributed by atoms with Gasteiger partial charge in [-0.25, -0.2) is 4.79 Å². The third-order valence-electron chi connectivity index (χ3n) is 5.36. The van der Waals surface area contributed by atoms with Crippen LogP contribution in [-0.4, -0.2) is 34.2 Å². The lowest BCUT2D eigenvalue weighted by Crippen LogP contribution is -2.41. The molecule has 1 aliphatic rings. The Morgan fingerprint density at radius 1 is 1.24 bits per heavy atom. The standard InChI is InChI=1S/C23H26N4O2/c1-3-17-8-5-11-20(14-17)24-23(28)27-12-6-10-19(15-27)22-25-21(26-29-22)18-9-4-7-16(2)13-18/h4-5,7-9,11,13-14,19H,3,6,10,12,15H2,1-2H3,(H,24,28)/t19-/m1/s1. The van der Waals surface area contributed by atoms with Gasteiger partial charge >= 0.3 is 6.03 Å². The number of urea groups is 1. The Morgan fingerprint density at radius 2 is 2.10 bits per heavy atom. The second-order valence-corrected chi connectivity index (χ2v) is 7.59. The molecular formula is C23H26N4O2. The van der Waals surface area contributed by atoms with Gasteiger partial charge in [-0.1, -0.05) is 48.0 Å². The molecule has 2 amide bonds. The summed E-state index contributed by atoms with van der Waals surface area (Å²) in [4.78, 5) is 19.2. The van der Waals surface area contributed by atoms with Crippen LogP contribution in [0.25, 0.3) is 11.4 Å². The van der Waals surface area contributed by atoms with Crippen molar-refractivity contribution in [3.8, 4) is 11.4 Å². The van der Waals surface area contributed by atoms with Gasteiger partial charge < -0.3 is 14.7 Å². The molecule has 2 heterocycles. The van der Waals surface area contributed by atoms with Crippen LogP contribution < -0.4 is 5.32 Å². The van der Waals surface area contributed by atoms with Crippen molar-refractivity contribution in [2.24, 2.45) is 0 Å². The number of nitrogens with one attached hydrogen (secondary N) is 1. The number of rotatable bonds is 4. The lowest BCUT2D eigenvalue weighted by Gasteiger charge is -2.31. The monoisotopic (exact) mass is 390 g/mol. The molecule has 3 aromatic rings. The first-order valence-electron chi connectivity index (χ1n) is 10.2. The van der Waals surface area contributed by atoms with E-state index in [0.29, 0.717) is 18.3 Å². The highest BCUT2D eigenvalue weighted by atomic mass is 16.5. The van der Waals surface area contributed by atoms with E-state index in [4.69, 9.17) is 4.52 Å². The number of aryl methyl sites for hydroxylation is 2. The fourth-order valence-corrected chi connectivity index (χ4v) is 3.74. The van der Waals surface area contributed by atoms with Crippen LogP contribution in [0.1, 0.15) is 42.7 Å². The van der Waals surface area contributed by atoms with E-state index in [0.717, 1.165) is 42.6 Å². The van der Waals surface area contributed by atoms with E-state index in [9.17, 15) is 4.79 Å². The van der Waals surface area contributed by atoms with E-state index in [1.807, 2.05) is 54.3 Å². The highest BCUT2D eigenvalue weighted by molar-refractivity contribution is 5.89. The zero-order chi connectivity index (χ0) is 20.2. The minimum Gasteiger partial charge on any atom is -0.339 e. The molecule has 1 aromatic heterocycles. The zero-order valence-electron chi connectivity index (χ0n) is 16.9. The summed E-state index contributed by atoms with van der Waals surface area (Å²) in [6, 6.07) is 15.9. The van der Waals surface area contributed by atoms with Gasteiger partial charge in [-0.2, -0.15) is 4.98 Å². The van der Waals surface area contributed by atoms with Gasteiger partial charge in [0.25, 0.3) is 0 Å². The van der Waals surface area contributed by atoms with Crippen molar-refractivity contribution < 1.29 is 9.32 Å². The summed E-state index contributed by atoms with van der Waals surface area (Å²) in [7, 11) is 0. The molecule has 4 rings (SSSR count). The maximum Gasteiger partial charge on any atom is 0.321 e. The lowest BCUT2D eigenvalue weighted by molar-refractivity contribution is 0.184. The number of hydrogen-bond donors (Lipinski definition) is 1. The van der Waals surface area contributed by atoms with E-state index in [1.165, 1.54) is 5.56 Å². The molecule has 150 valence electrons. The molecule has 1 aliphatic heterocycles. The third-order valence-corrected chi connectivity index (χ3v) is 5.36. The fraction of sp³-hybridized carbons (Fsp3) is 0.348. The number of carbonyl (C=O) groups is 1. The Labute approximate surface area is 170 Å². The molecule has 0 saturated carbocycles. The first kappa shape index (κ1) is 19.2. The smallest absolute Gasteiger partial charge is 0.321 e. The second-order valence-electron chi connectivity index (χ2n) is 7.59. The van der Waals surface area contributed by atoms with Crippen molar-refractivity contribution in [3.05, 3.63) is 65.5 Å². The van der Waals surface area contributed by atoms with Crippen LogP contribution in [0.15, 0.2) is 53.1 Å². The normalized spacial score (nSPS) is 16.6. The quantitative estimate of drug-likeness (QED) is 0.679. The number of amides is 2. The number of benzene rings is 2. The number of nitrogens with zero attached hydrogens (tertiary/aromatic N) is 3. The van der Waals surface area contributed by atoms with E-state index >= 15 is 0 Å². The highest BCUT2D eigenvalue weighted by Crippen LogP contribution is 2.28. The van der Waals surface area contributed by atoms with Gasteiger partial charge in [0, 0.05) is 24.3 Å². The van der Waals surface area contributed by atoms with Crippen molar-refractivity contribution in [2.45, 2.75) is 39.0 Å². The summed E-state index contributed by atoms with van der Waals surface area (Å²) < 4.78 is 5.56. The molecule has 6 heteroatoms. The van der Waals surface area contributed by atoms with Crippen LogP contribution in [0.5, 0.6) is 0 Å². The fourth-order valence-electron chi connectivity index (χ4n) is 3.74. The van der Waals surface area contributed by atoms with Crippen molar-refractivity contribution in [1.29, 1.82) is 0 Å². The maximum absolute atomic E-state index is 12.8. The van der Waals surface area contributed by atoms with Gasteiger partial charge in [-0.15, -0.1) is 0 Å². The SMILES string of the molecule is CCc1cccc(NC(=O)N2CCC[C@@H](c3nc(-c4cccc(C)c4)no3)C2)c1. The molecule has 6 nitrogen and oxygen atoms in total. The van der Waals surface area contributed by atoms with Crippen molar-refractivity contribution in [3.63, 3.8) is 0 Å². The summed E-state index contributed by atoms with van der Waals surface area (Å²) in [6.45, 7) is 5.45. The van der Waals surface area contributed by atoms with E-state index < -0.39 is 0 Å². The Balaban J connectivity index is 1.43. The van der Waals surface area contributed by atoms with Crippen LogP contribution in [0.2, 0.25) is 0 Å². The van der Waals surface area contributed by atoms with Crippen molar-refractivity contribution in [1.82, 2.24) is 15.0 Å². The summed E-state index contributed by atoms with van der Waals surface area (Å²) in [6.07, 6.45) is 2.79. The number of likely N-dealkylation sites (tertiary alicyclic amines) is 1. The minimum atomic E-state index is -0.0821. The summed E-state index contributed by atoms with van der Waals surface area (Å²) in [5, 5.41) is 7.17. The number of hydrogen-bond acceptors (Lipinski definition) is 4. The Kier molecular flexibility index (Phi) is 5.60. The molecule has 0 unspecified atom stereocenters. The van der Waals surface area contributed by atoms with Crippen LogP contribution in [0.4, 0.5) is 10.5 Å². The molecule has 1 N–H and O–H groups in total. The van der Waals surface area contributed by atoms with Gasteiger partial charge in [-0.3, -0.25) is 0 Å². The third kappa shape index (κ3) is 4.47. The van der Waals surface area contributed by atoms with Crippen LogP contribution in [0, 0.1) is 6.92 Å². The minimum absolute atomic E-state index is 0.0579. The Bertz CT molecular complexity index is 998.